The lowest BCUT2D eigenvalue weighted by molar-refractivity contribution is 0.0938. The van der Waals surface area contributed by atoms with Gasteiger partial charge in [0.25, 0.3) is 11.8 Å². The van der Waals surface area contributed by atoms with Crippen LogP contribution in [0.5, 0.6) is 0 Å². The van der Waals surface area contributed by atoms with Crippen LogP contribution in [0.4, 0.5) is 4.39 Å². The van der Waals surface area contributed by atoms with E-state index in [2.05, 4.69) is 15.6 Å². The predicted molar refractivity (Wildman–Crippen MR) is 114 cm³/mol. The first-order chi connectivity index (χ1) is 14.5. The molecule has 2 aliphatic rings. The van der Waals surface area contributed by atoms with E-state index in [1.54, 1.807) is 25.1 Å². The van der Waals surface area contributed by atoms with E-state index in [-0.39, 0.29) is 23.4 Å². The molecule has 0 unspecified atom stereocenters. The molecule has 2 fully saturated rings. The molecule has 2 aromatic rings. The summed E-state index contributed by atoms with van der Waals surface area (Å²) in [5.74, 6) is -0.286. The summed E-state index contributed by atoms with van der Waals surface area (Å²) < 4.78 is 14.5. The number of pyridine rings is 1. The van der Waals surface area contributed by atoms with Gasteiger partial charge in [-0.1, -0.05) is 19.3 Å². The third-order valence-electron chi connectivity index (χ3n) is 6.10. The van der Waals surface area contributed by atoms with Gasteiger partial charge in [-0.2, -0.15) is 0 Å². The van der Waals surface area contributed by atoms with Gasteiger partial charge in [0.05, 0.1) is 11.3 Å². The molecule has 4 rings (SSSR count). The second-order valence-electron chi connectivity index (χ2n) is 8.52. The molecule has 0 atom stereocenters. The number of carbonyl (C=O) groups is 2. The minimum atomic E-state index is -0.440. The molecule has 0 spiro atoms. The summed E-state index contributed by atoms with van der Waals surface area (Å²) in [6.45, 7) is 2.36. The lowest BCUT2D eigenvalue weighted by Gasteiger charge is -2.21. The van der Waals surface area contributed by atoms with Gasteiger partial charge in [0.2, 0.25) is 0 Å². The van der Waals surface area contributed by atoms with E-state index in [1.165, 1.54) is 44.4 Å². The van der Waals surface area contributed by atoms with E-state index in [1.807, 2.05) is 0 Å². The molecule has 1 aromatic heterocycles. The van der Waals surface area contributed by atoms with Crippen LogP contribution in [0, 0.1) is 18.7 Å². The molecule has 0 aliphatic heterocycles. The van der Waals surface area contributed by atoms with Crippen LogP contribution in [0.3, 0.4) is 0 Å². The van der Waals surface area contributed by atoms with Crippen molar-refractivity contribution in [1.29, 1.82) is 0 Å². The van der Waals surface area contributed by atoms with Crippen molar-refractivity contribution in [3.05, 3.63) is 53.0 Å². The summed E-state index contributed by atoms with van der Waals surface area (Å²) in [7, 11) is 0. The van der Waals surface area contributed by atoms with E-state index in [0.717, 1.165) is 12.8 Å². The second kappa shape index (κ2) is 8.94. The number of amides is 2. The van der Waals surface area contributed by atoms with Crippen LogP contribution in [0.25, 0.3) is 11.3 Å². The van der Waals surface area contributed by atoms with E-state index < -0.39 is 5.82 Å². The molecule has 0 bridgehead atoms. The van der Waals surface area contributed by atoms with Gasteiger partial charge < -0.3 is 10.6 Å². The Kier molecular flexibility index (Phi) is 6.11. The number of nitrogens with one attached hydrogen (secondary N) is 2. The number of hydrogen-bond acceptors (Lipinski definition) is 3. The van der Waals surface area contributed by atoms with Crippen molar-refractivity contribution in [3.63, 3.8) is 0 Å². The Morgan fingerprint density at radius 2 is 1.80 bits per heavy atom. The first-order valence-electron chi connectivity index (χ1n) is 10.9. The van der Waals surface area contributed by atoms with Crippen molar-refractivity contribution in [2.75, 3.05) is 6.54 Å². The molecule has 2 aliphatic carbocycles. The smallest absolute Gasteiger partial charge is 0.252 e. The minimum absolute atomic E-state index is 0.139. The molecular weight excluding hydrogens is 381 g/mol. The molecule has 1 heterocycles. The van der Waals surface area contributed by atoms with Crippen molar-refractivity contribution in [3.8, 4) is 11.3 Å². The third kappa shape index (κ3) is 4.86. The molecule has 2 saturated carbocycles. The van der Waals surface area contributed by atoms with Crippen LogP contribution in [-0.4, -0.2) is 29.4 Å². The summed E-state index contributed by atoms with van der Waals surface area (Å²) in [5, 5.41) is 5.89. The summed E-state index contributed by atoms with van der Waals surface area (Å²) in [4.78, 5) is 29.2. The van der Waals surface area contributed by atoms with E-state index in [0.29, 0.717) is 34.8 Å². The largest absolute Gasteiger partial charge is 0.352 e. The van der Waals surface area contributed by atoms with E-state index in [9.17, 15) is 14.0 Å². The highest BCUT2D eigenvalue weighted by molar-refractivity contribution is 5.96. The molecule has 0 saturated heterocycles. The zero-order chi connectivity index (χ0) is 21.1. The van der Waals surface area contributed by atoms with Gasteiger partial charge >= 0.3 is 0 Å². The number of halogens is 1. The zero-order valence-corrected chi connectivity index (χ0v) is 17.3. The van der Waals surface area contributed by atoms with E-state index in [4.69, 9.17) is 0 Å². The monoisotopic (exact) mass is 409 g/mol. The van der Waals surface area contributed by atoms with Crippen LogP contribution in [0.15, 0.2) is 30.5 Å². The Hall–Kier alpha value is -2.76. The van der Waals surface area contributed by atoms with Gasteiger partial charge in [-0.25, -0.2) is 4.39 Å². The zero-order valence-electron chi connectivity index (χ0n) is 17.3. The van der Waals surface area contributed by atoms with Gasteiger partial charge in [-0.3, -0.25) is 14.6 Å². The van der Waals surface area contributed by atoms with Gasteiger partial charge in [0.1, 0.15) is 5.82 Å². The molecule has 30 heavy (non-hydrogen) atoms. The maximum absolute atomic E-state index is 14.5. The van der Waals surface area contributed by atoms with Crippen LogP contribution in [-0.2, 0) is 0 Å². The van der Waals surface area contributed by atoms with Gasteiger partial charge in [-0.15, -0.1) is 0 Å². The van der Waals surface area contributed by atoms with Gasteiger partial charge in [0.15, 0.2) is 0 Å². The molecule has 2 N–H and O–H groups in total. The first-order valence-corrected chi connectivity index (χ1v) is 10.9. The Morgan fingerprint density at radius 3 is 2.47 bits per heavy atom. The number of nitrogens with zero attached hydrogens (tertiary/aromatic N) is 1. The van der Waals surface area contributed by atoms with Crippen molar-refractivity contribution in [2.45, 2.75) is 57.9 Å². The third-order valence-corrected chi connectivity index (χ3v) is 6.10. The van der Waals surface area contributed by atoms with Crippen molar-refractivity contribution < 1.29 is 14.0 Å². The average Bonchev–Trinajstić information content (AvgIpc) is 3.58. The number of hydrogen-bond donors (Lipinski definition) is 2. The Balaban J connectivity index is 1.46. The Morgan fingerprint density at radius 1 is 1.03 bits per heavy atom. The Bertz CT molecular complexity index is 932. The normalized spacial score (nSPS) is 16.9. The molecule has 1 aromatic carbocycles. The number of carbonyl (C=O) groups excluding carboxylic acids is 2. The molecule has 5 nitrogen and oxygen atoms in total. The average molecular weight is 410 g/mol. The fourth-order valence-electron chi connectivity index (χ4n) is 3.99. The van der Waals surface area contributed by atoms with E-state index >= 15 is 0 Å². The lowest BCUT2D eigenvalue weighted by Crippen LogP contribution is -2.30. The van der Waals surface area contributed by atoms with Crippen LogP contribution >= 0.6 is 0 Å². The number of rotatable bonds is 6. The van der Waals surface area contributed by atoms with Crippen molar-refractivity contribution in [1.82, 2.24) is 15.6 Å². The highest BCUT2D eigenvalue weighted by Crippen LogP contribution is 2.27. The summed E-state index contributed by atoms with van der Waals surface area (Å²) in [6, 6.07) is 6.55. The van der Waals surface area contributed by atoms with Gasteiger partial charge in [0, 0.05) is 29.9 Å². The van der Waals surface area contributed by atoms with Crippen LogP contribution < -0.4 is 10.6 Å². The fourth-order valence-corrected chi connectivity index (χ4v) is 3.99. The molecule has 6 heteroatoms. The molecular formula is C24H28FN3O2. The van der Waals surface area contributed by atoms with Crippen molar-refractivity contribution >= 4 is 11.8 Å². The first kappa shape index (κ1) is 20.5. The highest BCUT2D eigenvalue weighted by Gasteiger charge is 2.25. The topological polar surface area (TPSA) is 71.1 Å². The lowest BCUT2D eigenvalue weighted by atomic mass is 9.89. The van der Waals surface area contributed by atoms with Crippen LogP contribution in [0.1, 0.15) is 71.2 Å². The van der Waals surface area contributed by atoms with Crippen molar-refractivity contribution in [2.24, 2.45) is 5.92 Å². The fraction of sp³-hybridized carbons (Fsp3) is 0.458. The van der Waals surface area contributed by atoms with Crippen LogP contribution in [0.2, 0.25) is 0 Å². The summed E-state index contributed by atoms with van der Waals surface area (Å²) in [5.41, 5.74) is 2.30. The second-order valence-corrected chi connectivity index (χ2v) is 8.52. The maximum atomic E-state index is 14.5. The Labute approximate surface area is 176 Å². The quantitative estimate of drug-likeness (QED) is 0.743. The summed E-state index contributed by atoms with van der Waals surface area (Å²) >= 11 is 0. The number of aromatic nitrogens is 1. The standard InChI is InChI=1S/C24H28FN3O2/c1-15-20(11-18(12-21(15)25)24(30)28-19-8-9-19)22-10-7-17(14-26-22)23(29)27-13-16-5-3-2-4-6-16/h7,10-12,14,16,19H,2-6,8-9,13H2,1H3,(H,27,29)(H,28,30). The van der Waals surface area contributed by atoms with Gasteiger partial charge in [-0.05, 0) is 68.4 Å². The highest BCUT2D eigenvalue weighted by atomic mass is 19.1. The minimum Gasteiger partial charge on any atom is -0.352 e. The molecule has 2 amide bonds. The molecule has 158 valence electrons. The SMILES string of the molecule is Cc1c(F)cc(C(=O)NC2CC2)cc1-c1ccc(C(=O)NCC2CCCCC2)cn1. The number of benzene rings is 1. The maximum Gasteiger partial charge on any atom is 0.252 e. The predicted octanol–water partition coefficient (Wildman–Crippen LogP) is 4.40. The molecule has 0 radical (unpaired) electrons. The summed E-state index contributed by atoms with van der Waals surface area (Å²) in [6.07, 6.45) is 9.57.